The third-order valence-electron chi connectivity index (χ3n) is 10.2. The number of para-hydroxylation sites is 2. The lowest BCUT2D eigenvalue weighted by Crippen LogP contribution is -2.27. The standard InChI is InChI=1S/C41H36N4/c1-5-41(6-2)34-18-12-9-17-31(34)38-33(26-43)40(44(7-3)8-4)32(25-42)37(39(38)41)27-21-23-28(24-22-27)45-35-19-13-10-15-29(35)30-16-11-14-20-36(30)45/h9-24H,5-8H2,1-4H3. The van der Waals surface area contributed by atoms with Crippen LogP contribution in [0.3, 0.4) is 0 Å². The number of nitriles is 2. The van der Waals surface area contributed by atoms with E-state index in [4.69, 9.17) is 0 Å². The Morgan fingerprint density at radius 2 is 1.18 bits per heavy atom. The Kier molecular flexibility index (Phi) is 6.95. The smallest absolute Gasteiger partial charge is 0.102 e. The number of rotatable bonds is 7. The van der Waals surface area contributed by atoms with E-state index in [1.165, 1.54) is 27.4 Å². The summed E-state index contributed by atoms with van der Waals surface area (Å²) in [4.78, 5) is 2.17. The SMILES string of the molecule is CCN(CC)c1c(C#N)c(-c2ccc(-n3c4ccccc4c4ccccc43)cc2)c2c(c1C#N)-c1ccccc1C2(CC)CC. The molecule has 0 unspecified atom stereocenters. The molecule has 0 aliphatic heterocycles. The maximum atomic E-state index is 10.9. The monoisotopic (exact) mass is 584 g/mol. The average Bonchev–Trinajstić information content (AvgIpc) is 3.59. The second-order valence-electron chi connectivity index (χ2n) is 11.9. The highest BCUT2D eigenvalue weighted by molar-refractivity contribution is 6.09. The van der Waals surface area contributed by atoms with Crippen LogP contribution in [0.2, 0.25) is 0 Å². The van der Waals surface area contributed by atoms with Crippen molar-refractivity contribution in [3.05, 3.63) is 119 Å². The van der Waals surface area contributed by atoms with Crippen molar-refractivity contribution in [2.45, 2.75) is 46.0 Å². The predicted molar refractivity (Wildman–Crippen MR) is 186 cm³/mol. The Hall–Kier alpha value is -5.32. The fourth-order valence-corrected chi connectivity index (χ4v) is 8.06. The molecule has 0 atom stereocenters. The van der Waals surface area contributed by atoms with Crippen molar-refractivity contribution < 1.29 is 0 Å². The molecule has 0 spiro atoms. The molecule has 45 heavy (non-hydrogen) atoms. The number of fused-ring (bicyclic) bond motifs is 6. The van der Waals surface area contributed by atoms with Gasteiger partial charge in [-0.25, -0.2) is 0 Å². The van der Waals surface area contributed by atoms with Crippen molar-refractivity contribution in [1.82, 2.24) is 4.57 Å². The van der Waals surface area contributed by atoms with E-state index in [1.54, 1.807) is 0 Å². The summed E-state index contributed by atoms with van der Waals surface area (Å²) in [6.07, 6.45) is 1.75. The molecule has 1 aromatic heterocycles. The quantitative estimate of drug-likeness (QED) is 0.188. The number of hydrogen-bond donors (Lipinski definition) is 0. The highest BCUT2D eigenvalue weighted by atomic mass is 15.1. The van der Waals surface area contributed by atoms with Gasteiger partial charge in [0.1, 0.15) is 12.1 Å². The molecule has 6 aromatic rings. The Morgan fingerprint density at radius 1 is 0.644 bits per heavy atom. The van der Waals surface area contributed by atoms with Gasteiger partial charge < -0.3 is 9.47 Å². The van der Waals surface area contributed by atoms with Crippen LogP contribution in [-0.4, -0.2) is 17.7 Å². The summed E-state index contributed by atoms with van der Waals surface area (Å²) in [7, 11) is 0. The predicted octanol–water partition coefficient (Wildman–Crippen LogP) is 10.1. The Bertz CT molecular complexity index is 2130. The molecule has 0 amide bonds. The van der Waals surface area contributed by atoms with Crippen LogP contribution in [0.5, 0.6) is 0 Å². The molecule has 220 valence electrons. The van der Waals surface area contributed by atoms with Crippen LogP contribution in [0.4, 0.5) is 5.69 Å². The molecular formula is C41H36N4. The van der Waals surface area contributed by atoms with Crippen LogP contribution in [0.1, 0.15) is 62.8 Å². The largest absolute Gasteiger partial charge is 0.370 e. The lowest BCUT2D eigenvalue weighted by Gasteiger charge is -2.34. The first-order valence-corrected chi connectivity index (χ1v) is 16.1. The van der Waals surface area contributed by atoms with Crippen LogP contribution >= 0.6 is 0 Å². The van der Waals surface area contributed by atoms with E-state index in [-0.39, 0.29) is 5.41 Å². The van der Waals surface area contributed by atoms with Gasteiger partial charge in [0, 0.05) is 46.1 Å². The number of anilines is 1. The minimum atomic E-state index is -0.300. The molecule has 4 nitrogen and oxygen atoms in total. The van der Waals surface area contributed by atoms with Crippen LogP contribution in [0, 0.1) is 22.7 Å². The van der Waals surface area contributed by atoms with E-state index < -0.39 is 0 Å². The lowest BCUT2D eigenvalue weighted by atomic mass is 9.70. The maximum absolute atomic E-state index is 10.9. The summed E-state index contributed by atoms with van der Waals surface area (Å²) in [6, 6.07) is 39.6. The van der Waals surface area contributed by atoms with Crippen LogP contribution in [0.25, 0.3) is 49.7 Å². The number of hydrogen-bond acceptors (Lipinski definition) is 3. The van der Waals surface area contributed by atoms with Crippen molar-refractivity contribution >= 4 is 27.5 Å². The van der Waals surface area contributed by atoms with Gasteiger partial charge in [-0.15, -0.1) is 0 Å². The molecule has 0 bridgehead atoms. The van der Waals surface area contributed by atoms with Gasteiger partial charge in [-0.3, -0.25) is 0 Å². The number of aromatic nitrogens is 1. The molecule has 0 N–H and O–H groups in total. The van der Waals surface area contributed by atoms with Crippen molar-refractivity contribution in [3.63, 3.8) is 0 Å². The van der Waals surface area contributed by atoms with E-state index in [0.29, 0.717) is 24.2 Å². The summed E-state index contributed by atoms with van der Waals surface area (Å²) in [6.45, 7) is 10.1. The Morgan fingerprint density at radius 3 is 1.73 bits per heavy atom. The number of nitrogens with zero attached hydrogens (tertiary/aromatic N) is 4. The zero-order chi connectivity index (χ0) is 31.3. The molecule has 5 aromatic carbocycles. The summed E-state index contributed by atoms with van der Waals surface area (Å²) < 4.78 is 2.32. The third kappa shape index (κ3) is 3.89. The van der Waals surface area contributed by atoms with Crippen LogP contribution in [0.15, 0.2) is 97.1 Å². The zero-order valence-corrected chi connectivity index (χ0v) is 26.4. The van der Waals surface area contributed by atoms with Gasteiger partial charge in [0.2, 0.25) is 0 Å². The molecule has 4 heteroatoms. The molecule has 7 rings (SSSR count). The van der Waals surface area contributed by atoms with E-state index in [9.17, 15) is 10.5 Å². The molecule has 0 fully saturated rings. The maximum Gasteiger partial charge on any atom is 0.102 e. The van der Waals surface area contributed by atoms with Gasteiger partial charge in [0.25, 0.3) is 0 Å². The van der Waals surface area contributed by atoms with E-state index >= 15 is 0 Å². The van der Waals surface area contributed by atoms with Gasteiger partial charge >= 0.3 is 0 Å². The van der Waals surface area contributed by atoms with Gasteiger partial charge in [-0.2, -0.15) is 10.5 Å². The van der Waals surface area contributed by atoms with Gasteiger partial charge in [-0.1, -0.05) is 86.6 Å². The van der Waals surface area contributed by atoms with Crippen molar-refractivity contribution in [1.29, 1.82) is 10.5 Å². The molecule has 1 heterocycles. The van der Waals surface area contributed by atoms with Crippen LogP contribution in [-0.2, 0) is 5.41 Å². The Labute approximate surface area is 265 Å². The molecule has 0 saturated heterocycles. The average molecular weight is 585 g/mol. The summed E-state index contributed by atoms with van der Waals surface area (Å²) in [5, 5.41) is 24.2. The first-order chi connectivity index (χ1) is 22.1. The first kappa shape index (κ1) is 28.5. The minimum absolute atomic E-state index is 0.300. The highest BCUT2D eigenvalue weighted by Crippen LogP contribution is 2.59. The summed E-state index contributed by atoms with van der Waals surface area (Å²) in [5.74, 6) is 0. The second-order valence-corrected chi connectivity index (χ2v) is 11.9. The van der Waals surface area contributed by atoms with Crippen LogP contribution < -0.4 is 4.90 Å². The summed E-state index contributed by atoms with van der Waals surface area (Å²) in [5.41, 5.74) is 11.5. The van der Waals surface area contributed by atoms with E-state index in [0.717, 1.165) is 52.0 Å². The normalized spacial score (nSPS) is 12.9. The second kappa shape index (κ2) is 11.0. The third-order valence-corrected chi connectivity index (χ3v) is 10.2. The van der Waals surface area contributed by atoms with Gasteiger partial charge in [0.05, 0.1) is 27.8 Å². The van der Waals surface area contributed by atoms with Gasteiger partial charge in [-0.05, 0) is 73.2 Å². The molecule has 1 aliphatic carbocycles. The van der Waals surface area contributed by atoms with Crippen molar-refractivity contribution in [3.8, 4) is 40.1 Å². The van der Waals surface area contributed by atoms with Crippen molar-refractivity contribution in [2.75, 3.05) is 18.0 Å². The molecular weight excluding hydrogens is 548 g/mol. The highest BCUT2D eigenvalue weighted by Gasteiger charge is 2.46. The zero-order valence-electron chi connectivity index (χ0n) is 26.4. The van der Waals surface area contributed by atoms with Crippen molar-refractivity contribution in [2.24, 2.45) is 0 Å². The van der Waals surface area contributed by atoms with E-state index in [1.807, 2.05) is 0 Å². The molecule has 0 radical (unpaired) electrons. The first-order valence-electron chi connectivity index (χ1n) is 16.1. The van der Waals surface area contributed by atoms with Gasteiger partial charge in [0.15, 0.2) is 0 Å². The number of benzene rings is 5. The fourth-order valence-electron chi connectivity index (χ4n) is 8.06. The van der Waals surface area contributed by atoms with E-state index in [2.05, 4.69) is 146 Å². The molecule has 1 aliphatic rings. The lowest BCUT2D eigenvalue weighted by molar-refractivity contribution is 0.491. The Balaban J connectivity index is 1.56. The topological polar surface area (TPSA) is 55.8 Å². The fraction of sp³-hybridized carbons (Fsp3) is 0.220. The summed E-state index contributed by atoms with van der Waals surface area (Å²) >= 11 is 0. The minimum Gasteiger partial charge on any atom is -0.370 e. The molecule has 0 saturated carbocycles.